The van der Waals surface area contributed by atoms with Gasteiger partial charge in [0.15, 0.2) is 0 Å². The van der Waals surface area contributed by atoms with E-state index in [1.54, 1.807) is 17.0 Å². The number of para-hydroxylation sites is 1. The Kier molecular flexibility index (Phi) is 7.81. The zero-order valence-electron chi connectivity index (χ0n) is 23.7. The second kappa shape index (κ2) is 11.3. The molecule has 1 saturated heterocycles. The molecule has 1 aliphatic rings. The van der Waals surface area contributed by atoms with Gasteiger partial charge in [0.05, 0.1) is 23.5 Å². The van der Waals surface area contributed by atoms with E-state index < -0.39 is 11.4 Å². The van der Waals surface area contributed by atoms with Crippen LogP contribution in [0.25, 0.3) is 32.6 Å². The molecule has 3 aromatic carbocycles. The van der Waals surface area contributed by atoms with E-state index in [-0.39, 0.29) is 34.1 Å². The molecule has 1 aromatic heterocycles. The Hall–Kier alpha value is -4.61. The standard InChI is InChI=1S/C33H31ClFN5O2/c1-6-30(41)38-13-14-39(20(4)18-38)32-25-16-26(34)23(24-15-21(36)11-12-27(24)35)17-29(25)40(33(42)31(32)37-5)28-10-8-7-9-22(28)19(2)3/h6-12,15-17,19-20H,1,13-14,18,36H2,2-4H3/t20-/m0/s1. The number of carbonyl (C=O) groups is 1. The van der Waals surface area contributed by atoms with Gasteiger partial charge in [-0.2, -0.15) is 0 Å². The van der Waals surface area contributed by atoms with E-state index in [9.17, 15) is 9.59 Å². The van der Waals surface area contributed by atoms with Crippen LogP contribution in [0, 0.1) is 12.4 Å². The van der Waals surface area contributed by atoms with Crippen molar-refractivity contribution in [1.29, 1.82) is 0 Å². The monoisotopic (exact) mass is 583 g/mol. The first-order chi connectivity index (χ1) is 20.1. The molecule has 0 unspecified atom stereocenters. The fourth-order valence-electron chi connectivity index (χ4n) is 5.77. The Bertz CT molecular complexity index is 1840. The minimum atomic E-state index is -0.503. The molecule has 1 atom stereocenters. The molecule has 0 aliphatic carbocycles. The molecule has 4 aromatic rings. The number of nitrogen functional groups attached to an aromatic ring is 1. The van der Waals surface area contributed by atoms with Crippen molar-refractivity contribution in [2.24, 2.45) is 0 Å². The minimum Gasteiger partial charge on any atom is -0.399 e. The van der Waals surface area contributed by atoms with Crippen LogP contribution in [0.1, 0.15) is 32.3 Å². The average Bonchev–Trinajstić information content (AvgIpc) is 2.97. The molecule has 0 spiro atoms. The maximum absolute atomic E-state index is 15.1. The van der Waals surface area contributed by atoms with Crippen molar-refractivity contribution in [1.82, 2.24) is 9.47 Å². The SMILES string of the molecule is [C-]#[N+]c1c(N2CCN(C(=O)C=C)C[C@@H]2C)c2cc(Cl)c(-c3cc(N)ccc3F)cc2n(-c2ccccc2C(C)C)c1=O. The van der Waals surface area contributed by atoms with Crippen molar-refractivity contribution in [3.05, 3.63) is 105 Å². The van der Waals surface area contributed by atoms with Gasteiger partial charge in [0, 0.05) is 52.9 Å². The smallest absolute Gasteiger partial charge is 0.274 e. The number of rotatable bonds is 5. The van der Waals surface area contributed by atoms with Crippen LogP contribution < -0.4 is 16.2 Å². The van der Waals surface area contributed by atoms with Crippen LogP contribution >= 0.6 is 11.6 Å². The third-order valence-corrected chi connectivity index (χ3v) is 8.12. The van der Waals surface area contributed by atoms with E-state index in [0.717, 1.165) is 5.56 Å². The Morgan fingerprint density at radius 3 is 2.57 bits per heavy atom. The van der Waals surface area contributed by atoms with Gasteiger partial charge in [-0.3, -0.25) is 14.2 Å². The lowest BCUT2D eigenvalue weighted by Gasteiger charge is -2.42. The van der Waals surface area contributed by atoms with Crippen molar-refractivity contribution in [2.45, 2.75) is 32.7 Å². The molecular weight excluding hydrogens is 553 g/mol. The van der Waals surface area contributed by atoms with Crippen LogP contribution in [-0.4, -0.2) is 41.1 Å². The van der Waals surface area contributed by atoms with Crippen molar-refractivity contribution in [3.63, 3.8) is 0 Å². The summed E-state index contributed by atoms with van der Waals surface area (Å²) in [5, 5.41) is 0.826. The highest BCUT2D eigenvalue weighted by atomic mass is 35.5. The fraction of sp³-hybridized carbons (Fsp3) is 0.242. The number of aromatic nitrogens is 1. The molecule has 0 saturated carbocycles. The minimum absolute atomic E-state index is 0.0460. The number of benzene rings is 3. The third-order valence-electron chi connectivity index (χ3n) is 7.80. The summed E-state index contributed by atoms with van der Waals surface area (Å²) >= 11 is 6.85. The highest BCUT2D eigenvalue weighted by molar-refractivity contribution is 6.34. The quantitative estimate of drug-likeness (QED) is 0.157. The van der Waals surface area contributed by atoms with Crippen LogP contribution in [0.4, 0.5) is 21.5 Å². The predicted molar refractivity (Wildman–Crippen MR) is 168 cm³/mol. The molecule has 1 fully saturated rings. The summed E-state index contributed by atoms with van der Waals surface area (Å²) in [5.74, 6) is -0.598. The van der Waals surface area contributed by atoms with Crippen molar-refractivity contribution < 1.29 is 9.18 Å². The van der Waals surface area contributed by atoms with E-state index in [1.807, 2.05) is 49.9 Å². The first kappa shape index (κ1) is 28.9. The number of piperazine rings is 1. The lowest BCUT2D eigenvalue weighted by molar-refractivity contribution is -0.126. The molecule has 42 heavy (non-hydrogen) atoms. The second-order valence-corrected chi connectivity index (χ2v) is 11.2. The number of amides is 1. The van der Waals surface area contributed by atoms with Gasteiger partial charge in [0.25, 0.3) is 11.2 Å². The number of halogens is 2. The maximum Gasteiger partial charge on any atom is 0.274 e. The molecule has 2 N–H and O–H groups in total. The summed E-state index contributed by atoms with van der Waals surface area (Å²) in [6.45, 7) is 18.9. The van der Waals surface area contributed by atoms with Gasteiger partial charge in [-0.25, -0.2) is 9.24 Å². The fourth-order valence-corrected chi connectivity index (χ4v) is 6.03. The lowest BCUT2D eigenvalue weighted by atomic mass is 9.98. The highest BCUT2D eigenvalue weighted by Crippen LogP contribution is 2.42. The van der Waals surface area contributed by atoms with Crippen LogP contribution in [0.5, 0.6) is 0 Å². The molecule has 7 nitrogen and oxygen atoms in total. The number of nitrogens with two attached hydrogens (primary N) is 1. The third kappa shape index (κ3) is 4.90. The first-order valence-electron chi connectivity index (χ1n) is 13.7. The van der Waals surface area contributed by atoms with Crippen LogP contribution in [0.15, 0.2) is 72.0 Å². The molecule has 1 amide bonds. The van der Waals surface area contributed by atoms with E-state index in [4.69, 9.17) is 23.9 Å². The molecule has 2 heterocycles. The number of nitrogens with zero attached hydrogens (tertiary/aromatic N) is 4. The predicted octanol–water partition coefficient (Wildman–Crippen LogP) is 6.93. The lowest BCUT2D eigenvalue weighted by Crippen LogP contribution is -2.53. The van der Waals surface area contributed by atoms with E-state index in [0.29, 0.717) is 53.2 Å². The Morgan fingerprint density at radius 1 is 1.17 bits per heavy atom. The van der Waals surface area contributed by atoms with Crippen LogP contribution in [0.3, 0.4) is 0 Å². The molecule has 214 valence electrons. The van der Waals surface area contributed by atoms with Gasteiger partial charge in [-0.05, 0) is 60.9 Å². The number of pyridine rings is 1. The van der Waals surface area contributed by atoms with E-state index in [2.05, 4.69) is 11.4 Å². The molecule has 5 rings (SSSR count). The summed E-state index contributed by atoms with van der Waals surface area (Å²) in [5.41, 5.74) is 8.90. The molecule has 0 radical (unpaired) electrons. The van der Waals surface area contributed by atoms with Crippen molar-refractivity contribution in [3.8, 4) is 16.8 Å². The zero-order chi connectivity index (χ0) is 30.3. The second-order valence-electron chi connectivity index (χ2n) is 10.8. The summed E-state index contributed by atoms with van der Waals surface area (Å²) in [4.78, 5) is 34.1. The number of carbonyl (C=O) groups excluding carboxylic acids is 1. The molecule has 1 aliphatic heterocycles. The van der Waals surface area contributed by atoms with Crippen molar-refractivity contribution in [2.75, 3.05) is 30.3 Å². The van der Waals surface area contributed by atoms with Gasteiger partial charge >= 0.3 is 0 Å². The van der Waals surface area contributed by atoms with Gasteiger partial charge < -0.3 is 15.5 Å². The highest BCUT2D eigenvalue weighted by Gasteiger charge is 2.31. The topological polar surface area (TPSA) is 75.9 Å². The van der Waals surface area contributed by atoms with Gasteiger partial charge in [-0.15, -0.1) is 0 Å². The van der Waals surface area contributed by atoms with Crippen LogP contribution in [0.2, 0.25) is 5.02 Å². The maximum atomic E-state index is 15.1. The van der Waals surface area contributed by atoms with Crippen molar-refractivity contribution >= 4 is 45.5 Å². The van der Waals surface area contributed by atoms with E-state index in [1.165, 1.54) is 28.8 Å². The number of fused-ring (bicyclic) bond motifs is 1. The summed E-state index contributed by atoms with van der Waals surface area (Å²) < 4.78 is 16.6. The number of hydrogen-bond donors (Lipinski definition) is 1. The molecule has 9 heteroatoms. The summed E-state index contributed by atoms with van der Waals surface area (Å²) in [6.07, 6.45) is 1.28. The average molecular weight is 584 g/mol. The summed E-state index contributed by atoms with van der Waals surface area (Å²) in [7, 11) is 0. The Labute approximate surface area is 249 Å². The van der Waals surface area contributed by atoms with Gasteiger partial charge in [0.1, 0.15) is 5.82 Å². The largest absolute Gasteiger partial charge is 0.399 e. The Morgan fingerprint density at radius 2 is 1.90 bits per heavy atom. The molecule has 0 bridgehead atoms. The Balaban J connectivity index is 1.88. The first-order valence-corrected chi connectivity index (χ1v) is 14.1. The van der Waals surface area contributed by atoms with E-state index >= 15 is 4.39 Å². The van der Waals surface area contributed by atoms with Gasteiger partial charge in [-0.1, -0.05) is 50.2 Å². The van der Waals surface area contributed by atoms with Crippen LogP contribution in [-0.2, 0) is 4.79 Å². The normalized spacial score (nSPS) is 15.2. The van der Waals surface area contributed by atoms with Gasteiger partial charge in [0.2, 0.25) is 5.91 Å². The zero-order valence-corrected chi connectivity index (χ0v) is 24.5. The summed E-state index contributed by atoms with van der Waals surface area (Å²) in [6, 6.07) is 15.0. The number of anilines is 2. The molecular formula is C33H31ClFN5O2. The number of hydrogen-bond acceptors (Lipinski definition) is 4.